The summed E-state index contributed by atoms with van der Waals surface area (Å²) in [6.45, 7) is 3.60. The molecule has 0 radical (unpaired) electrons. The van der Waals surface area contributed by atoms with Gasteiger partial charge in [0.1, 0.15) is 17.3 Å². The lowest BCUT2D eigenvalue weighted by Gasteiger charge is -2.16. The van der Waals surface area contributed by atoms with Crippen LogP contribution in [0.15, 0.2) is 82.6 Å². The van der Waals surface area contributed by atoms with Crippen molar-refractivity contribution < 1.29 is 27.4 Å². The highest BCUT2D eigenvalue weighted by Gasteiger charge is 2.19. The highest BCUT2D eigenvalue weighted by atomic mass is 32.2. The number of rotatable bonds is 6. The van der Waals surface area contributed by atoms with E-state index in [1.54, 1.807) is 43.3 Å². The highest BCUT2D eigenvalue weighted by molar-refractivity contribution is 7.91. The third-order valence-electron chi connectivity index (χ3n) is 5.44. The number of halogens is 1. The van der Waals surface area contributed by atoms with Gasteiger partial charge in [-0.2, -0.15) is 0 Å². The fourth-order valence-electron chi connectivity index (χ4n) is 3.63. The molecule has 0 fully saturated rings. The second kappa shape index (κ2) is 8.67. The van der Waals surface area contributed by atoms with Gasteiger partial charge in [0, 0.05) is 5.39 Å². The normalized spacial score (nSPS) is 11.5. The van der Waals surface area contributed by atoms with Gasteiger partial charge in [-0.25, -0.2) is 12.8 Å². The molecule has 0 aliphatic carbocycles. The third kappa shape index (κ3) is 4.59. The summed E-state index contributed by atoms with van der Waals surface area (Å²) < 4.78 is 45.8. The Kier molecular flexibility index (Phi) is 5.91. The number of fused-ring (bicyclic) bond motifs is 1. The van der Waals surface area contributed by atoms with Crippen molar-refractivity contribution >= 4 is 26.6 Å². The molecule has 0 bridgehead atoms. The molecule has 0 aliphatic rings. The van der Waals surface area contributed by atoms with Crippen LogP contribution in [0.3, 0.4) is 0 Å². The maximum absolute atomic E-state index is 14.0. The molecule has 4 rings (SSSR count). The number of ether oxygens (including phenoxy) is 1. The number of sulfone groups is 1. The predicted octanol–water partition coefficient (Wildman–Crippen LogP) is 5.85. The van der Waals surface area contributed by atoms with Gasteiger partial charge in [-0.3, -0.25) is 4.79 Å². The van der Waals surface area contributed by atoms with E-state index in [-0.39, 0.29) is 16.2 Å². The van der Waals surface area contributed by atoms with Crippen LogP contribution < -0.4 is 4.74 Å². The summed E-state index contributed by atoms with van der Waals surface area (Å²) in [5.74, 6) is -0.759. The number of carboxylic acid groups (broad SMARTS) is 1. The molecule has 0 saturated heterocycles. The minimum atomic E-state index is -3.68. The Labute approximate surface area is 191 Å². The Morgan fingerprint density at radius 1 is 0.909 bits per heavy atom. The van der Waals surface area contributed by atoms with Gasteiger partial charge in [0.2, 0.25) is 9.84 Å². The lowest BCUT2D eigenvalue weighted by atomic mass is 9.98. The second-order valence-electron chi connectivity index (χ2n) is 7.82. The van der Waals surface area contributed by atoms with Crippen molar-refractivity contribution in [1.29, 1.82) is 0 Å². The Morgan fingerprint density at radius 2 is 1.52 bits per heavy atom. The van der Waals surface area contributed by atoms with E-state index in [0.29, 0.717) is 33.4 Å². The van der Waals surface area contributed by atoms with Gasteiger partial charge < -0.3 is 9.84 Å². The van der Waals surface area contributed by atoms with Gasteiger partial charge in [-0.05, 0) is 78.9 Å². The van der Waals surface area contributed by atoms with Crippen LogP contribution in [0.1, 0.15) is 16.7 Å². The zero-order valence-electron chi connectivity index (χ0n) is 18.0. The van der Waals surface area contributed by atoms with Gasteiger partial charge in [0.15, 0.2) is 0 Å². The Morgan fingerprint density at radius 3 is 2.12 bits per heavy atom. The Hall–Kier alpha value is -3.71. The smallest absolute Gasteiger partial charge is 0.307 e. The molecule has 7 heteroatoms. The van der Waals surface area contributed by atoms with Crippen molar-refractivity contribution in [3.8, 4) is 11.5 Å². The van der Waals surface area contributed by atoms with E-state index >= 15 is 0 Å². The first-order valence-corrected chi connectivity index (χ1v) is 11.7. The van der Waals surface area contributed by atoms with Gasteiger partial charge in [0.05, 0.1) is 16.2 Å². The van der Waals surface area contributed by atoms with E-state index in [0.717, 1.165) is 5.56 Å². The van der Waals surface area contributed by atoms with Crippen LogP contribution in [0.2, 0.25) is 0 Å². The van der Waals surface area contributed by atoms with Gasteiger partial charge in [-0.1, -0.05) is 29.8 Å². The average molecular weight is 465 g/mol. The number of hydrogen-bond donors (Lipinski definition) is 1. The summed E-state index contributed by atoms with van der Waals surface area (Å²) in [5, 5.41) is 10.4. The number of carbonyl (C=O) groups is 1. The molecule has 0 saturated carbocycles. The molecule has 4 aromatic rings. The third-order valence-corrected chi connectivity index (χ3v) is 7.22. The summed E-state index contributed by atoms with van der Waals surface area (Å²) in [4.78, 5) is 11.6. The number of hydrogen-bond acceptors (Lipinski definition) is 4. The summed E-state index contributed by atoms with van der Waals surface area (Å²) in [7, 11) is -3.68. The molecule has 0 amide bonds. The van der Waals surface area contributed by atoms with Crippen LogP contribution in [0.4, 0.5) is 4.39 Å². The van der Waals surface area contributed by atoms with Crippen LogP contribution in [0, 0.1) is 19.7 Å². The molecule has 0 atom stereocenters. The molecule has 5 nitrogen and oxygen atoms in total. The van der Waals surface area contributed by atoms with Crippen molar-refractivity contribution in [3.63, 3.8) is 0 Å². The number of aryl methyl sites for hydroxylation is 1. The molecule has 0 aliphatic heterocycles. The number of carboxylic acids is 1. The topological polar surface area (TPSA) is 80.7 Å². The van der Waals surface area contributed by atoms with Gasteiger partial charge >= 0.3 is 5.97 Å². The molecule has 1 N–H and O–H groups in total. The molecular weight excluding hydrogens is 443 g/mol. The molecule has 168 valence electrons. The SMILES string of the molecule is Cc1ccc(S(=O)(=O)c2ccc(Oc3c(C)c(CC(=O)O)cc4ccc(F)cc34)cc2)cc1. The summed E-state index contributed by atoms with van der Waals surface area (Å²) >= 11 is 0. The molecule has 33 heavy (non-hydrogen) atoms. The van der Waals surface area contributed by atoms with E-state index in [4.69, 9.17) is 4.74 Å². The summed E-state index contributed by atoms with van der Waals surface area (Å²) in [6.07, 6.45) is -0.205. The summed E-state index contributed by atoms with van der Waals surface area (Å²) in [6, 6.07) is 18.5. The average Bonchev–Trinajstić information content (AvgIpc) is 2.77. The fraction of sp³-hybridized carbons (Fsp3) is 0.115. The molecular formula is C26H21FO5S. The zero-order chi connectivity index (χ0) is 23.8. The van der Waals surface area contributed by atoms with E-state index in [1.165, 1.54) is 36.4 Å². The standard InChI is InChI=1S/C26H21FO5S/c1-16-3-9-22(10-4-16)33(30,31)23-11-7-21(8-12-23)32-26-17(2)19(14-25(28)29)13-18-5-6-20(27)15-24(18)26/h3-13,15H,14H2,1-2H3,(H,28,29). The van der Waals surface area contributed by atoms with Crippen molar-refractivity contribution in [2.75, 3.05) is 0 Å². The Bertz CT molecular complexity index is 1460. The maximum Gasteiger partial charge on any atom is 0.307 e. The first-order valence-electron chi connectivity index (χ1n) is 10.2. The second-order valence-corrected chi connectivity index (χ2v) is 9.77. The van der Waals surface area contributed by atoms with Crippen LogP contribution in [-0.4, -0.2) is 19.5 Å². The van der Waals surface area contributed by atoms with Crippen molar-refractivity contribution in [2.24, 2.45) is 0 Å². The van der Waals surface area contributed by atoms with Crippen LogP contribution in [0.25, 0.3) is 10.8 Å². The predicted molar refractivity (Wildman–Crippen MR) is 123 cm³/mol. The first kappa shape index (κ1) is 22.5. The van der Waals surface area contributed by atoms with E-state index in [2.05, 4.69) is 0 Å². The number of benzene rings is 4. The monoisotopic (exact) mass is 464 g/mol. The van der Waals surface area contributed by atoms with Gasteiger partial charge in [-0.15, -0.1) is 0 Å². The van der Waals surface area contributed by atoms with E-state index < -0.39 is 21.6 Å². The zero-order valence-corrected chi connectivity index (χ0v) is 18.8. The lowest BCUT2D eigenvalue weighted by molar-refractivity contribution is -0.136. The van der Waals surface area contributed by atoms with Crippen LogP contribution in [0.5, 0.6) is 11.5 Å². The van der Waals surface area contributed by atoms with Crippen LogP contribution >= 0.6 is 0 Å². The highest BCUT2D eigenvalue weighted by Crippen LogP contribution is 2.37. The van der Waals surface area contributed by atoms with Crippen LogP contribution in [-0.2, 0) is 21.1 Å². The maximum atomic E-state index is 14.0. The van der Waals surface area contributed by atoms with Crippen molar-refractivity contribution in [1.82, 2.24) is 0 Å². The summed E-state index contributed by atoms with van der Waals surface area (Å²) in [5.41, 5.74) is 2.09. The fourth-order valence-corrected chi connectivity index (χ4v) is 4.89. The minimum absolute atomic E-state index is 0.117. The molecule has 0 unspecified atom stereocenters. The number of aliphatic carboxylic acids is 1. The molecule has 4 aromatic carbocycles. The van der Waals surface area contributed by atoms with E-state index in [1.807, 2.05) is 6.92 Å². The first-order chi connectivity index (χ1) is 15.6. The lowest BCUT2D eigenvalue weighted by Crippen LogP contribution is -2.04. The minimum Gasteiger partial charge on any atom is -0.481 e. The molecule has 0 spiro atoms. The van der Waals surface area contributed by atoms with Gasteiger partial charge in [0.25, 0.3) is 0 Å². The largest absolute Gasteiger partial charge is 0.481 e. The molecule has 0 aromatic heterocycles. The van der Waals surface area contributed by atoms with E-state index in [9.17, 15) is 22.7 Å². The Balaban J connectivity index is 1.73. The quantitative estimate of drug-likeness (QED) is 0.387. The van der Waals surface area contributed by atoms with Crippen molar-refractivity contribution in [3.05, 3.63) is 95.3 Å². The molecule has 0 heterocycles. The van der Waals surface area contributed by atoms with Crippen molar-refractivity contribution in [2.45, 2.75) is 30.1 Å².